The van der Waals surface area contributed by atoms with Crippen molar-refractivity contribution in [3.63, 3.8) is 0 Å². The van der Waals surface area contributed by atoms with Gasteiger partial charge in [-0.3, -0.25) is 0 Å². The number of rotatable bonds is 3. The van der Waals surface area contributed by atoms with Crippen LogP contribution in [0.2, 0.25) is 0 Å². The minimum atomic E-state index is 0.844. The number of aromatic amines is 1. The van der Waals surface area contributed by atoms with Crippen LogP contribution < -0.4 is 5.32 Å². The molecule has 1 aromatic heterocycles. The summed E-state index contributed by atoms with van der Waals surface area (Å²) in [7, 11) is 0. The summed E-state index contributed by atoms with van der Waals surface area (Å²) < 4.78 is 0. The Morgan fingerprint density at radius 2 is 1.85 bits per heavy atom. The van der Waals surface area contributed by atoms with Gasteiger partial charge in [0.2, 0.25) is 0 Å². The van der Waals surface area contributed by atoms with Crippen LogP contribution in [0.3, 0.4) is 0 Å². The van der Waals surface area contributed by atoms with Crippen LogP contribution in [0.15, 0.2) is 48.7 Å². The van der Waals surface area contributed by atoms with Gasteiger partial charge in [0.1, 0.15) is 0 Å². The minimum Gasteiger partial charge on any atom is -0.379 e. The summed E-state index contributed by atoms with van der Waals surface area (Å²) in [6.07, 6.45) is 1.93. The van der Waals surface area contributed by atoms with E-state index < -0.39 is 0 Å². The van der Waals surface area contributed by atoms with Crippen molar-refractivity contribution < 1.29 is 0 Å². The molecule has 2 aromatic rings. The summed E-state index contributed by atoms with van der Waals surface area (Å²) in [6.45, 7) is 0.844. The van der Waals surface area contributed by atoms with Crippen molar-refractivity contribution in [3.8, 4) is 0 Å². The van der Waals surface area contributed by atoms with Crippen molar-refractivity contribution >= 4 is 5.69 Å². The van der Waals surface area contributed by atoms with E-state index in [2.05, 4.69) is 28.5 Å². The first-order chi connectivity index (χ1) is 6.45. The lowest BCUT2D eigenvalue weighted by Crippen LogP contribution is -1.98. The van der Waals surface area contributed by atoms with Gasteiger partial charge in [-0.2, -0.15) is 0 Å². The van der Waals surface area contributed by atoms with Crippen LogP contribution in [0, 0.1) is 0 Å². The molecule has 0 saturated heterocycles. The van der Waals surface area contributed by atoms with E-state index in [4.69, 9.17) is 0 Å². The lowest BCUT2D eigenvalue weighted by molar-refractivity contribution is 1.07. The molecule has 0 unspecified atom stereocenters. The van der Waals surface area contributed by atoms with E-state index >= 15 is 0 Å². The second-order valence-corrected chi connectivity index (χ2v) is 2.91. The molecule has 0 atom stereocenters. The maximum absolute atomic E-state index is 3.32. The summed E-state index contributed by atoms with van der Waals surface area (Å²) in [5.41, 5.74) is 2.35. The van der Waals surface area contributed by atoms with Gasteiger partial charge >= 0.3 is 0 Å². The molecule has 0 radical (unpaired) electrons. The van der Waals surface area contributed by atoms with Crippen LogP contribution in [-0.2, 0) is 6.54 Å². The van der Waals surface area contributed by atoms with Gasteiger partial charge in [-0.1, -0.05) is 18.2 Å². The number of aromatic nitrogens is 1. The number of anilines is 1. The SMILES string of the molecule is c1ccc(NCc2ccc[nH]2)cc1. The van der Waals surface area contributed by atoms with Crippen LogP contribution in [0.5, 0.6) is 0 Å². The van der Waals surface area contributed by atoms with Gasteiger partial charge < -0.3 is 10.3 Å². The third kappa shape index (κ3) is 2.12. The molecule has 0 fully saturated rings. The third-order valence-corrected chi connectivity index (χ3v) is 1.92. The molecule has 13 heavy (non-hydrogen) atoms. The van der Waals surface area contributed by atoms with Crippen molar-refractivity contribution in [1.82, 2.24) is 4.98 Å². The highest BCUT2D eigenvalue weighted by atomic mass is 14.9. The molecule has 0 bridgehead atoms. The zero-order valence-electron chi connectivity index (χ0n) is 7.33. The van der Waals surface area contributed by atoms with Gasteiger partial charge in [-0.05, 0) is 24.3 Å². The summed E-state index contributed by atoms with van der Waals surface area (Å²) in [4.78, 5) is 3.14. The molecule has 0 aliphatic rings. The largest absolute Gasteiger partial charge is 0.379 e. The van der Waals surface area contributed by atoms with Crippen molar-refractivity contribution in [1.29, 1.82) is 0 Å². The Balaban J connectivity index is 1.94. The Morgan fingerprint density at radius 1 is 1.00 bits per heavy atom. The van der Waals surface area contributed by atoms with Crippen LogP contribution in [0.1, 0.15) is 5.69 Å². The molecule has 1 heterocycles. The van der Waals surface area contributed by atoms with Gasteiger partial charge in [-0.25, -0.2) is 0 Å². The first-order valence-electron chi connectivity index (χ1n) is 4.36. The zero-order chi connectivity index (χ0) is 8.93. The van der Waals surface area contributed by atoms with Gasteiger partial charge in [0.25, 0.3) is 0 Å². The highest BCUT2D eigenvalue weighted by Gasteiger charge is 1.91. The average Bonchev–Trinajstić information content (AvgIpc) is 2.69. The number of nitrogens with one attached hydrogen (secondary N) is 2. The molecule has 0 amide bonds. The molecule has 0 aliphatic carbocycles. The van der Waals surface area contributed by atoms with Crippen LogP contribution in [0.25, 0.3) is 0 Å². The second kappa shape index (κ2) is 3.81. The standard InChI is InChI=1S/C11H12N2/c1-2-5-10(6-3-1)13-9-11-7-4-8-12-11/h1-8,12-13H,9H2. The lowest BCUT2D eigenvalue weighted by atomic mass is 10.3. The smallest absolute Gasteiger partial charge is 0.0551 e. The summed E-state index contributed by atoms with van der Waals surface area (Å²) in [6, 6.07) is 14.2. The normalized spacial score (nSPS) is 9.85. The van der Waals surface area contributed by atoms with Crippen molar-refractivity contribution in [2.24, 2.45) is 0 Å². The number of H-pyrrole nitrogens is 1. The zero-order valence-corrected chi connectivity index (χ0v) is 7.33. The number of hydrogen-bond donors (Lipinski definition) is 2. The summed E-state index contributed by atoms with van der Waals surface area (Å²) in [5, 5.41) is 3.32. The number of benzene rings is 1. The maximum atomic E-state index is 3.32. The predicted octanol–water partition coefficient (Wildman–Crippen LogP) is 2.63. The molecule has 2 N–H and O–H groups in total. The average molecular weight is 172 g/mol. The monoisotopic (exact) mass is 172 g/mol. The van der Waals surface area contributed by atoms with Gasteiger partial charge in [0, 0.05) is 17.6 Å². The molecular formula is C11H12N2. The lowest BCUT2D eigenvalue weighted by Gasteiger charge is -2.03. The highest BCUT2D eigenvalue weighted by Crippen LogP contribution is 2.06. The first-order valence-corrected chi connectivity index (χ1v) is 4.36. The Hall–Kier alpha value is -1.70. The molecule has 2 nitrogen and oxygen atoms in total. The Labute approximate surface area is 77.6 Å². The van der Waals surface area contributed by atoms with E-state index in [0.29, 0.717) is 0 Å². The fourth-order valence-electron chi connectivity index (χ4n) is 1.23. The minimum absolute atomic E-state index is 0.844. The summed E-state index contributed by atoms with van der Waals surface area (Å²) in [5.74, 6) is 0. The van der Waals surface area contributed by atoms with Gasteiger partial charge in [0.15, 0.2) is 0 Å². The van der Waals surface area contributed by atoms with Crippen molar-refractivity contribution in [3.05, 3.63) is 54.4 Å². The molecule has 66 valence electrons. The van der Waals surface area contributed by atoms with Gasteiger partial charge in [0.05, 0.1) is 6.54 Å². The van der Waals surface area contributed by atoms with Crippen LogP contribution in [0.4, 0.5) is 5.69 Å². The maximum Gasteiger partial charge on any atom is 0.0551 e. The topological polar surface area (TPSA) is 27.8 Å². The van der Waals surface area contributed by atoms with E-state index in [1.807, 2.05) is 30.5 Å². The number of hydrogen-bond acceptors (Lipinski definition) is 1. The third-order valence-electron chi connectivity index (χ3n) is 1.92. The van der Waals surface area contributed by atoms with Gasteiger partial charge in [-0.15, -0.1) is 0 Å². The van der Waals surface area contributed by atoms with Crippen molar-refractivity contribution in [2.45, 2.75) is 6.54 Å². The first kappa shape index (κ1) is 7.92. The molecular weight excluding hydrogens is 160 g/mol. The molecule has 1 aromatic carbocycles. The molecule has 2 heteroatoms. The summed E-state index contributed by atoms with van der Waals surface area (Å²) >= 11 is 0. The van der Waals surface area contributed by atoms with Crippen LogP contribution >= 0.6 is 0 Å². The highest BCUT2D eigenvalue weighted by molar-refractivity contribution is 5.42. The molecule has 0 spiro atoms. The molecule has 2 rings (SSSR count). The van der Waals surface area contributed by atoms with Crippen molar-refractivity contribution in [2.75, 3.05) is 5.32 Å². The van der Waals surface area contributed by atoms with E-state index in [9.17, 15) is 0 Å². The Kier molecular flexibility index (Phi) is 2.32. The molecule has 0 saturated carbocycles. The second-order valence-electron chi connectivity index (χ2n) is 2.91. The number of para-hydroxylation sites is 1. The van der Waals surface area contributed by atoms with E-state index in [0.717, 1.165) is 12.2 Å². The quantitative estimate of drug-likeness (QED) is 0.731. The fraction of sp³-hybridized carbons (Fsp3) is 0.0909. The predicted molar refractivity (Wildman–Crippen MR) is 54.6 cm³/mol. The Bertz CT molecular complexity index is 338. The van der Waals surface area contributed by atoms with E-state index in [1.54, 1.807) is 0 Å². The molecule has 0 aliphatic heterocycles. The van der Waals surface area contributed by atoms with E-state index in [1.165, 1.54) is 5.69 Å². The Morgan fingerprint density at radius 3 is 2.54 bits per heavy atom. The fourth-order valence-corrected chi connectivity index (χ4v) is 1.23. The van der Waals surface area contributed by atoms with E-state index in [-0.39, 0.29) is 0 Å². The van der Waals surface area contributed by atoms with Crippen LogP contribution in [-0.4, -0.2) is 4.98 Å².